The number of amides is 3. The van der Waals surface area contributed by atoms with Crippen molar-refractivity contribution in [3.8, 4) is 28.0 Å². The van der Waals surface area contributed by atoms with Gasteiger partial charge in [0, 0.05) is 53.8 Å². The average Bonchev–Trinajstić information content (AvgIpc) is 4.09. The first kappa shape index (κ1) is 45.7. The molecule has 5 aromatic rings. The van der Waals surface area contributed by atoms with Crippen LogP contribution in [0.15, 0.2) is 84.6 Å². The minimum Gasteiger partial charge on any atom is -0.490 e. The summed E-state index contributed by atoms with van der Waals surface area (Å²) in [5.41, 5.74) is 6.31. The van der Waals surface area contributed by atoms with E-state index in [1.54, 1.807) is 51.5 Å². The summed E-state index contributed by atoms with van der Waals surface area (Å²) in [6.07, 6.45) is 6.51. The molecule has 2 aliphatic heterocycles. The van der Waals surface area contributed by atoms with Gasteiger partial charge in [0.15, 0.2) is 5.75 Å². The van der Waals surface area contributed by atoms with E-state index < -0.39 is 6.04 Å². The van der Waals surface area contributed by atoms with Crippen molar-refractivity contribution < 1.29 is 23.9 Å². The number of hydrogen-bond acceptors (Lipinski definition) is 10. The molecule has 2 atom stereocenters. The van der Waals surface area contributed by atoms with Gasteiger partial charge in [-0.2, -0.15) is 10.4 Å². The Kier molecular flexibility index (Phi) is 13.3. The summed E-state index contributed by atoms with van der Waals surface area (Å²) in [6, 6.07) is 22.3. The van der Waals surface area contributed by atoms with Crippen LogP contribution in [0, 0.1) is 35.0 Å². The highest BCUT2D eigenvalue weighted by Crippen LogP contribution is 2.55. The van der Waals surface area contributed by atoms with Crippen LogP contribution in [-0.4, -0.2) is 81.8 Å². The zero-order valence-corrected chi connectivity index (χ0v) is 39.4. The van der Waals surface area contributed by atoms with Gasteiger partial charge in [-0.3, -0.25) is 19.1 Å². The molecule has 1 aliphatic carbocycles. The van der Waals surface area contributed by atoms with Crippen LogP contribution in [0.3, 0.4) is 0 Å². The molecule has 0 spiro atoms. The van der Waals surface area contributed by atoms with E-state index in [0.717, 1.165) is 59.7 Å². The van der Waals surface area contributed by atoms with Crippen molar-refractivity contribution in [2.75, 3.05) is 31.1 Å². The molecule has 3 aromatic carbocycles. The number of carbonyl (C=O) groups excluding carboxylic acids is 3. The quantitative estimate of drug-likeness (QED) is 0.111. The number of nitrogens with one attached hydrogen (secondary N) is 2. The van der Waals surface area contributed by atoms with Crippen molar-refractivity contribution in [2.24, 2.45) is 16.7 Å². The summed E-state index contributed by atoms with van der Waals surface area (Å²) in [5.74, 6) is 1.16. The van der Waals surface area contributed by atoms with E-state index >= 15 is 0 Å². The number of nitrogens with zero attached hydrogens (tertiary/aromatic N) is 6. The highest BCUT2D eigenvalue weighted by molar-refractivity contribution is 7.13. The number of halogens is 1. The maximum absolute atomic E-state index is 13.5. The van der Waals surface area contributed by atoms with Crippen LogP contribution >= 0.6 is 22.9 Å². The van der Waals surface area contributed by atoms with E-state index in [2.05, 4.69) is 71.5 Å². The lowest BCUT2D eigenvalue weighted by atomic mass is 9.49. The van der Waals surface area contributed by atoms with Crippen molar-refractivity contribution in [3.63, 3.8) is 0 Å². The maximum Gasteiger partial charge on any atom is 0.251 e. The van der Waals surface area contributed by atoms with Crippen LogP contribution in [-0.2, 0) is 16.1 Å². The number of nitriles is 1. The molecule has 2 aromatic heterocycles. The third-order valence-electron chi connectivity index (χ3n) is 13.6. The highest BCUT2D eigenvalue weighted by atomic mass is 35.5. The van der Waals surface area contributed by atoms with Crippen LogP contribution in [0.4, 0.5) is 5.69 Å². The second-order valence-electron chi connectivity index (χ2n) is 18.8. The van der Waals surface area contributed by atoms with Gasteiger partial charge >= 0.3 is 0 Å². The normalized spacial score (nSPS) is 20.6. The van der Waals surface area contributed by atoms with Crippen LogP contribution < -0.4 is 25.0 Å². The van der Waals surface area contributed by atoms with E-state index in [4.69, 9.17) is 21.1 Å². The van der Waals surface area contributed by atoms with Gasteiger partial charge in [-0.05, 0) is 93.0 Å². The molecule has 0 radical (unpaired) electrons. The molecule has 3 aliphatic rings. The third kappa shape index (κ3) is 9.72. The van der Waals surface area contributed by atoms with Gasteiger partial charge < -0.3 is 29.9 Å². The molecule has 65 heavy (non-hydrogen) atoms. The molecule has 1 saturated carbocycles. The number of thiazole rings is 1. The number of likely N-dealkylation sites (tertiary alicyclic amines) is 1. The van der Waals surface area contributed by atoms with E-state index in [-0.39, 0.29) is 53.3 Å². The molecular weight excluding hydrogens is 860 g/mol. The predicted molar refractivity (Wildman–Crippen MR) is 252 cm³/mol. The van der Waals surface area contributed by atoms with Crippen molar-refractivity contribution in [2.45, 2.75) is 98.0 Å². The standard InChI is InChI=1S/C50H57ClN8O5S/c1-31(34-9-11-35(12-10-34)44-32(2)53-30-65-44)55-46(62)42-8-7-21-59(42)43(60)28-58-27-40(26-54-58)63-29-33-19-22-57(23-20-33)38-16-13-36(14-17-38)45(61)56-47-49(3,4)48(50(47,5)6)64-39-18-15-37(25-52)41(51)24-39/h9-18,24,26-27,30-31,33,42,47-48H,7-8,19-23,28-29H2,1-6H3,(H,55,62)(H,56,61)/t31-,42-,47?,48?/m0/s1. The Morgan fingerprint density at radius 2 is 1.69 bits per heavy atom. The number of anilines is 1. The van der Waals surface area contributed by atoms with Gasteiger partial charge in [0.05, 0.1) is 51.7 Å². The van der Waals surface area contributed by atoms with Crippen LogP contribution in [0.5, 0.6) is 11.5 Å². The molecule has 340 valence electrons. The largest absolute Gasteiger partial charge is 0.490 e. The number of aryl methyl sites for hydroxylation is 1. The summed E-state index contributed by atoms with van der Waals surface area (Å²) in [5, 5.41) is 20.4. The number of rotatable bonds is 14. The molecule has 2 N–H and O–H groups in total. The van der Waals surface area contributed by atoms with Crippen LogP contribution in [0.25, 0.3) is 10.4 Å². The molecule has 13 nitrogen and oxygen atoms in total. The Balaban J connectivity index is 0.760. The first-order valence-corrected chi connectivity index (χ1v) is 23.7. The molecule has 3 amide bonds. The topological polar surface area (TPSA) is 155 Å². The van der Waals surface area contributed by atoms with Gasteiger partial charge in [-0.25, -0.2) is 4.98 Å². The van der Waals surface area contributed by atoms with E-state index in [1.165, 1.54) is 0 Å². The van der Waals surface area contributed by atoms with Crippen LogP contribution in [0.1, 0.15) is 93.5 Å². The lowest BCUT2D eigenvalue weighted by Gasteiger charge is -2.63. The van der Waals surface area contributed by atoms with E-state index in [9.17, 15) is 19.6 Å². The first-order valence-electron chi connectivity index (χ1n) is 22.4. The molecule has 3 fully saturated rings. The number of benzene rings is 3. The molecule has 0 bridgehead atoms. The fourth-order valence-electron chi connectivity index (χ4n) is 10.2. The van der Waals surface area contributed by atoms with E-state index in [0.29, 0.717) is 53.1 Å². The predicted octanol–water partition coefficient (Wildman–Crippen LogP) is 8.62. The molecule has 8 rings (SSSR count). The number of ether oxygens (including phenoxy) is 2. The Morgan fingerprint density at radius 3 is 2.35 bits per heavy atom. The molecular formula is C50H57ClN8O5S. The summed E-state index contributed by atoms with van der Waals surface area (Å²) < 4.78 is 14.1. The summed E-state index contributed by atoms with van der Waals surface area (Å²) >= 11 is 7.87. The first-order chi connectivity index (χ1) is 31.1. The Bertz CT molecular complexity index is 2540. The molecule has 15 heteroatoms. The summed E-state index contributed by atoms with van der Waals surface area (Å²) in [4.78, 5) is 49.9. The zero-order chi connectivity index (χ0) is 46.0. The number of piperidine rings is 1. The minimum absolute atomic E-state index is 0.0308. The monoisotopic (exact) mass is 916 g/mol. The Hall–Kier alpha value is -5.91. The van der Waals surface area contributed by atoms with Crippen molar-refractivity contribution in [3.05, 3.63) is 112 Å². The maximum atomic E-state index is 13.5. The Morgan fingerprint density at radius 1 is 0.969 bits per heavy atom. The van der Waals surface area contributed by atoms with Gasteiger partial charge in [0.25, 0.3) is 5.91 Å². The molecule has 4 heterocycles. The Labute approximate surface area is 390 Å². The van der Waals surface area contributed by atoms with Gasteiger partial charge in [0.2, 0.25) is 11.8 Å². The SMILES string of the molecule is Cc1ncsc1-c1ccc([C@H](C)NC(=O)[C@@H]2CCCN2C(=O)Cn2cc(OCC3CCN(c4ccc(C(=O)NC5C(C)(C)C(Oc6ccc(C#N)c(Cl)c6)C5(C)C)cc4)CC3)cn2)cc1. The fraction of sp³-hybridized carbons (Fsp3) is 0.440. The lowest BCUT2D eigenvalue weighted by molar-refractivity contribution is -0.164. The minimum atomic E-state index is -0.518. The van der Waals surface area contributed by atoms with Crippen molar-refractivity contribution in [1.29, 1.82) is 5.26 Å². The van der Waals surface area contributed by atoms with Crippen molar-refractivity contribution in [1.82, 2.24) is 30.3 Å². The number of hydrogen-bond donors (Lipinski definition) is 2. The van der Waals surface area contributed by atoms with Gasteiger partial charge in [0.1, 0.15) is 30.5 Å². The molecule has 0 unspecified atom stereocenters. The van der Waals surface area contributed by atoms with Crippen LogP contribution in [0.2, 0.25) is 5.02 Å². The average molecular weight is 918 g/mol. The summed E-state index contributed by atoms with van der Waals surface area (Å²) in [7, 11) is 0. The highest BCUT2D eigenvalue weighted by Gasteiger charge is 2.64. The van der Waals surface area contributed by atoms with Crippen molar-refractivity contribution >= 4 is 46.3 Å². The van der Waals surface area contributed by atoms with E-state index in [1.807, 2.05) is 55.8 Å². The summed E-state index contributed by atoms with van der Waals surface area (Å²) in [6.45, 7) is 15.2. The number of carbonyl (C=O) groups is 3. The molecule has 2 saturated heterocycles. The zero-order valence-electron chi connectivity index (χ0n) is 37.8. The third-order valence-corrected chi connectivity index (χ3v) is 14.9. The second-order valence-corrected chi connectivity index (χ2v) is 20.1. The lowest BCUT2D eigenvalue weighted by Crippen LogP contribution is -2.74. The second kappa shape index (κ2) is 18.9. The number of aromatic nitrogens is 3. The fourth-order valence-corrected chi connectivity index (χ4v) is 11.2. The van der Waals surface area contributed by atoms with Gasteiger partial charge in [-0.1, -0.05) is 63.6 Å². The van der Waals surface area contributed by atoms with Gasteiger partial charge in [-0.15, -0.1) is 11.3 Å². The smallest absolute Gasteiger partial charge is 0.251 e.